The highest BCUT2D eigenvalue weighted by Crippen LogP contribution is 2.29. The van der Waals surface area contributed by atoms with Crippen molar-refractivity contribution in [3.63, 3.8) is 0 Å². The van der Waals surface area contributed by atoms with Gasteiger partial charge in [-0.2, -0.15) is 5.21 Å². The van der Waals surface area contributed by atoms with Crippen molar-refractivity contribution in [1.82, 2.24) is 31.3 Å². The van der Waals surface area contributed by atoms with Gasteiger partial charge >= 0.3 is 12.1 Å². The first-order valence-corrected chi connectivity index (χ1v) is 16.3. The van der Waals surface area contributed by atoms with Gasteiger partial charge in [-0.1, -0.05) is 36.4 Å². The highest BCUT2D eigenvalue weighted by atomic mass is 16.6. The third-order valence-corrected chi connectivity index (χ3v) is 8.40. The maximum atomic E-state index is 13.7. The van der Waals surface area contributed by atoms with E-state index in [-0.39, 0.29) is 35.6 Å². The Morgan fingerprint density at radius 3 is 2.06 bits per heavy atom. The number of carbonyl (C=O) groups excluding carboxylic acids is 3. The Morgan fingerprint density at radius 2 is 1.49 bits per heavy atom. The van der Waals surface area contributed by atoms with E-state index in [2.05, 4.69) is 36.6 Å². The van der Waals surface area contributed by atoms with E-state index in [1.807, 2.05) is 45.0 Å². The lowest BCUT2D eigenvalue weighted by molar-refractivity contribution is -0.130. The maximum Gasteiger partial charge on any atom is 0.407 e. The van der Waals surface area contributed by atoms with Crippen LogP contribution in [-0.2, 0) is 20.7 Å². The van der Waals surface area contributed by atoms with E-state index in [4.69, 9.17) is 4.74 Å². The third kappa shape index (κ3) is 9.95. The Kier molecular flexibility index (Phi) is 11.0. The molecule has 49 heavy (non-hydrogen) atoms. The van der Waals surface area contributed by atoms with E-state index in [1.165, 1.54) is 0 Å². The van der Waals surface area contributed by atoms with E-state index in [1.54, 1.807) is 48.5 Å². The number of nitrogens with zero attached hydrogens (tertiary/aromatic N) is 3. The number of aromatic amines is 1. The normalized spacial score (nSPS) is 16.6. The van der Waals surface area contributed by atoms with Gasteiger partial charge in [0.15, 0.2) is 0 Å². The SMILES string of the molecule is CC(C)(C)OC(=O)NCC1CCC(C(=O)N[C@@H](Cc2ccc(-c3ccc(C(=O)O)cc3)cc2)C(=O)Nc2ccc(-c3nn[nH]n3)cc2)CC1. The van der Waals surface area contributed by atoms with Crippen LogP contribution in [0.25, 0.3) is 22.5 Å². The molecule has 0 radical (unpaired) electrons. The number of anilines is 1. The molecule has 0 bridgehead atoms. The van der Waals surface area contributed by atoms with Gasteiger partial charge in [0.05, 0.1) is 5.56 Å². The molecule has 0 spiro atoms. The van der Waals surface area contributed by atoms with Gasteiger partial charge in [-0.05, 0) is 111 Å². The van der Waals surface area contributed by atoms with Gasteiger partial charge in [-0.15, -0.1) is 10.2 Å². The molecule has 13 heteroatoms. The fraction of sp³-hybridized carbons (Fsp3) is 0.361. The summed E-state index contributed by atoms with van der Waals surface area (Å²) in [4.78, 5) is 50.5. The molecule has 5 N–H and O–H groups in total. The van der Waals surface area contributed by atoms with Crippen LogP contribution in [0.1, 0.15) is 62.4 Å². The van der Waals surface area contributed by atoms with Crippen LogP contribution in [-0.4, -0.2) is 67.8 Å². The maximum absolute atomic E-state index is 13.7. The van der Waals surface area contributed by atoms with Crippen LogP contribution in [0.5, 0.6) is 0 Å². The molecule has 1 fully saturated rings. The number of hydrogen-bond donors (Lipinski definition) is 5. The van der Waals surface area contributed by atoms with Gasteiger partial charge in [0, 0.05) is 30.1 Å². The Balaban J connectivity index is 1.23. The van der Waals surface area contributed by atoms with Crippen molar-refractivity contribution >= 4 is 29.6 Å². The van der Waals surface area contributed by atoms with Crippen LogP contribution < -0.4 is 16.0 Å². The van der Waals surface area contributed by atoms with Crippen LogP contribution in [0.3, 0.4) is 0 Å². The number of rotatable bonds is 11. The number of carboxylic acids is 1. The number of alkyl carbamates (subject to hydrolysis) is 1. The molecular weight excluding hydrogens is 626 g/mol. The molecule has 1 heterocycles. The molecule has 3 amide bonds. The van der Waals surface area contributed by atoms with Crippen LogP contribution >= 0.6 is 0 Å². The number of H-pyrrole nitrogens is 1. The van der Waals surface area contributed by atoms with E-state index in [9.17, 15) is 24.3 Å². The second-order valence-corrected chi connectivity index (χ2v) is 13.2. The summed E-state index contributed by atoms with van der Waals surface area (Å²) in [6.07, 6.45) is 2.64. The molecule has 256 valence electrons. The van der Waals surface area contributed by atoms with Crippen molar-refractivity contribution in [2.45, 2.75) is 64.5 Å². The number of aromatic nitrogens is 4. The Hall–Kier alpha value is -5.59. The molecular formula is C36H41N7O6. The number of carbonyl (C=O) groups is 4. The summed E-state index contributed by atoms with van der Waals surface area (Å²) in [7, 11) is 0. The number of amides is 3. The van der Waals surface area contributed by atoms with Crippen molar-refractivity contribution in [3.05, 3.63) is 83.9 Å². The quantitative estimate of drug-likeness (QED) is 0.143. The van der Waals surface area contributed by atoms with Gasteiger partial charge in [0.1, 0.15) is 11.6 Å². The molecule has 0 unspecified atom stereocenters. The highest BCUT2D eigenvalue weighted by molar-refractivity contribution is 5.98. The lowest BCUT2D eigenvalue weighted by atomic mass is 9.81. The van der Waals surface area contributed by atoms with Crippen LogP contribution in [0.15, 0.2) is 72.8 Å². The van der Waals surface area contributed by atoms with Gasteiger partial charge in [0.2, 0.25) is 17.6 Å². The van der Waals surface area contributed by atoms with Crippen LogP contribution in [0, 0.1) is 11.8 Å². The number of hydrogen-bond acceptors (Lipinski definition) is 8. The summed E-state index contributed by atoms with van der Waals surface area (Å²) in [6.45, 7) is 5.94. The Morgan fingerprint density at radius 1 is 0.878 bits per heavy atom. The van der Waals surface area contributed by atoms with Crippen molar-refractivity contribution in [2.24, 2.45) is 11.8 Å². The first-order chi connectivity index (χ1) is 23.4. The number of carboxylic acid groups (broad SMARTS) is 1. The van der Waals surface area contributed by atoms with Crippen LogP contribution in [0.2, 0.25) is 0 Å². The minimum absolute atomic E-state index is 0.179. The molecule has 5 rings (SSSR count). The van der Waals surface area contributed by atoms with Crippen molar-refractivity contribution in [3.8, 4) is 22.5 Å². The predicted molar refractivity (Wildman–Crippen MR) is 182 cm³/mol. The largest absolute Gasteiger partial charge is 0.478 e. The topological polar surface area (TPSA) is 188 Å². The molecule has 1 aliphatic rings. The second kappa shape index (κ2) is 15.5. The van der Waals surface area contributed by atoms with Gasteiger partial charge < -0.3 is 25.8 Å². The summed E-state index contributed by atoms with van der Waals surface area (Å²) >= 11 is 0. The summed E-state index contributed by atoms with van der Waals surface area (Å²) in [5.74, 6) is -1.10. The number of benzene rings is 3. The predicted octanol–water partition coefficient (Wildman–Crippen LogP) is 5.23. The van der Waals surface area contributed by atoms with Gasteiger partial charge in [0.25, 0.3) is 0 Å². The zero-order valence-electron chi connectivity index (χ0n) is 27.7. The molecule has 0 aliphatic heterocycles. The lowest BCUT2D eigenvalue weighted by Crippen LogP contribution is -2.48. The molecule has 0 saturated heterocycles. The minimum Gasteiger partial charge on any atom is -0.478 e. The first kappa shape index (κ1) is 34.7. The average Bonchev–Trinajstić information content (AvgIpc) is 3.62. The zero-order valence-corrected chi connectivity index (χ0v) is 27.7. The van der Waals surface area contributed by atoms with E-state index < -0.39 is 23.7 Å². The minimum atomic E-state index is -0.987. The summed E-state index contributed by atoms with van der Waals surface area (Å²) < 4.78 is 5.33. The molecule has 1 atom stereocenters. The summed E-state index contributed by atoms with van der Waals surface area (Å²) in [6, 6.07) is 20.4. The molecule has 3 aromatic carbocycles. The fourth-order valence-electron chi connectivity index (χ4n) is 5.76. The monoisotopic (exact) mass is 667 g/mol. The number of tetrazole rings is 1. The highest BCUT2D eigenvalue weighted by Gasteiger charge is 2.30. The number of ether oxygens (including phenoxy) is 1. The van der Waals surface area contributed by atoms with E-state index in [0.29, 0.717) is 30.9 Å². The van der Waals surface area contributed by atoms with Crippen LogP contribution in [0.4, 0.5) is 10.5 Å². The Labute approximate surface area is 284 Å². The fourth-order valence-corrected chi connectivity index (χ4v) is 5.76. The number of aromatic carboxylic acids is 1. The van der Waals surface area contributed by atoms with Crippen molar-refractivity contribution < 1.29 is 29.0 Å². The second-order valence-electron chi connectivity index (χ2n) is 13.2. The first-order valence-electron chi connectivity index (χ1n) is 16.3. The van der Waals surface area contributed by atoms with E-state index in [0.717, 1.165) is 35.1 Å². The molecule has 1 aliphatic carbocycles. The van der Waals surface area contributed by atoms with Crippen molar-refractivity contribution in [2.75, 3.05) is 11.9 Å². The van der Waals surface area contributed by atoms with Crippen molar-refractivity contribution in [1.29, 1.82) is 0 Å². The summed E-state index contributed by atoms with van der Waals surface area (Å²) in [5, 5.41) is 31.9. The summed E-state index contributed by atoms with van der Waals surface area (Å²) in [5.41, 5.74) is 3.52. The smallest absolute Gasteiger partial charge is 0.407 e. The standard InChI is InChI=1S/C36H41N7O6/c1-36(2,3)49-35(48)37-21-23-6-10-27(11-7-23)32(44)39-30(33(45)38-29-18-16-26(17-19-29)31-40-42-43-41-31)20-22-4-8-24(9-5-22)25-12-14-28(15-13-25)34(46)47/h4-5,8-9,12-19,23,27,30H,6-7,10-11,20-21H2,1-3H3,(H,37,48)(H,38,45)(H,39,44)(H,46,47)(H,40,41,42,43)/t23?,27?,30-/m0/s1. The van der Waals surface area contributed by atoms with Gasteiger partial charge in [-0.3, -0.25) is 9.59 Å². The molecule has 1 saturated carbocycles. The molecule has 13 nitrogen and oxygen atoms in total. The molecule has 1 aromatic heterocycles. The number of nitrogens with one attached hydrogen (secondary N) is 4. The Bertz CT molecular complexity index is 1730. The van der Waals surface area contributed by atoms with Gasteiger partial charge in [-0.25, -0.2) is 9.59 Å². The zero-order chi connectivity index (χ0) is 35.0. The molecule has 4 aromatic rings. The van der Waals surface area contributed by atoms with E-state index >= 15 is 0 Å². The average molecular weight is 668 g/mol. The third-order valence-electron chi connectivity index (χ3n) is 8.40. The lowest BCUT2D eigenvalue weighted by Gasteiger charge is -2.29.